The SMILES string of the molecule is Cn1ccc(C(=O)CN2CCC(C)(C)CCC2=O)c1. The lowest BCUT2D eigenvalue weighted by Gasteiger charge is -2.22. The number of ketones is 1. The van der Waals surface area contributed by atoms with E-state index in [1.54, 1.807) is 17.2 Å². The summed E-state index contributed by atoms with van der Waals surface area (Å²) in [5.74, 6) is 0.128. The maximum absolute atomic E-state index is 12.1. The van der Waals surface area contributed by atoms with Gasteiger partial charge in [-0.2, -0.15) is 0 Å². The van der Waals surface area contributed by atoms with Crippen LogP contribution in [0, 0.1) is 5.41 Å². The van der Waals surface area contributed by atoms with Gasteiger partial charge in [0.2, 0.25) is 5.91 Å². The van der Waals surface area contributed by atoms with E-state index in [0.29, 0.717) is 18.5 Å². The highest BCUT2D eigenvalue weighted by atomic mass is 16.2. The molecule has 1 aromatic rings. The Morgan fingerprint density at radius 3 is 2.74 bits per heavy atom. The molecule has 0 radical (unpaired) electrons. The summed E-state index contributed by atoms with van der Waals surface area (Å²) in [5, 5.41) is 0. The van der Waals surface area contributed by atoms with Gasteiger partial charge in [0.1, 0.15) is 0 Å². The maximum atomic E-state index is 12.1. The highest BCUT2D eigenvalue weighted by molar-refractivity contribution is 5.99. The van der Waals surface area contributed by atoms with Gasteiger partial charge >= 0.3 is 0 Å². The van der Waals surface area contributed by atoms with Crippen molar-refractivity contribution in [2.45, 2.75) is 33.1 Å². The molecule has 0 spiro atoms. The number of rotatable bonds is 3. The quantitative estimate of drug-likeness (QED) is 0.784. The second-order valence-electron chi connectivity index (χ2n) is 6.22. The molecule has 1 aliphatic heterocycles. The summed E-state index contributed by atoms with van der Waals surface area (Å²) in [5.41, 5.74) is 0.874. The van der Waals surface area contributed by atoms with Crippen LogP contribution in [-0.4, -0.2) is 34.2 Å². The van der Waals surface area contributed by atoms with Crippen molar-refractivity contribution in [2.75, 3.05) is 13.1 Å². The summed E-state index contributed by atoms with van der Waals surface area (Å²) >= 11 is 0. The van der Waals surface area contributed by atoms with E-state index >= 15 is 0 Å². The largest absolute Gasteiger partial charge is 0.357 e. The first-order valence-electron chi connectivity index (χ1n) is 6.80. The molecular weight excluding hydrogens is 240 g/mol. The van der Waals surface area contributed by atoms with Crippen LogP contribution in [0.4, 0.5) is 0 Å². The van der Waals surface area contributed by atoms with Crippen LogP contribution >= 0.6 is 0 Å². The Bertz CT molecular complexity index is 488. The molecule has 1 saturated heterocycles. The van der Waals surface area contributed by atoms with E-state index in [1.165, 1.54) is 0 Å². The Kier molecular flexibility index (Phi) is 3.78. The van der Waals surface area contributed by atoms with Crippen LogP contribution in [0.1, 0.15) is 43.5 Å². The number of amides is 1. The van der Waals surface area contributed by atoms with E-state index in [9.17, 15) is 9.59 Å². The van der Waals surface area contributed by atoms with Crippen molar-refractivity contribution < 1.29 is 9.59 Å². The number of nitrogens with zero attached hydrogens (tertiary/aromatic N) is 2. The second-order valence-corrected chi connectivity index (χ2v) is 6.22. The van der Waals surface area contributed by atoms with E-state index in [4.69, 9.17) is 0 Å². The Balaban J connectivity index is 2.02. The van der Waals surface area contributed by atoms with Crippen molar-refractivity contribution in [3.8, 4) is 0 Å². The van der Waals surface area contributed by atoms with E-state index in [-0.39, 0.29) is 23.7 Å². The number of aromatic nitrogens is 1. The highest BCUT2D eigenvalue weighted by Gasteiger charge is 2.28. The predicted octanol–water partition coefficient (Wildman–Crippen LogP) is 2.25. The molecule has 0 bridgehead atoms. The summed E-state index contributed by atoms with van der Waals surface area (Å²) < 4.78 is 1.85. The van der Waals surface area contributed by atoms with Gasteiger partial charge in [-0.3, -0.25) is 9.59 Å². The number of aryl methyl sites for hydroxylation is 1. The standard InChI is InChI=1S/C15H22N2O2/c1-15(2)6-4-14(19)17(9-7-15)11-13(18)12-5-8-16(3)10-12/h5,8,10H,4,6-7,9,11H2,1-3H3. The second kappa shape index (κ2) is 5.19. The molecule has 2 rings (SSSR count). The third kappa shape index (κ3) is 3.46. The van der Waals surface area contributed by atoms with E-state index in [1.807, 2.05) is 17.8 Å². The molecule has 4 heteroatoms. The number of Topliss-reactive ketones (excluding diaryl/α,β-unsaturated/α-hetero) is 1. The van der Waals surface area contributed by atoms with E-state index in [0.717, 1.165) is 12.8 Å². The average molecular weight is 262 g/mol. The molecule has 0 aromatic carbocycles. The van der Waals surface area contributed by atoms with Crippen LogP contribution in [0.2, 0.25) is 0 Å². The monoisotopic (exact) mass is 262 g/mol. The van der Waals surface area contributed by atoms with Crippen molar-refractivity contribution in [1.82, 2.24) is 9.47 Å². The highest BCUT2D eigenvalue weighted by Crippen LogP contribution is 2.30. The van der Waals surface area contributed by atoms with Crippen LogP contribution < -0.4 is 0 Å². The van der Waals surface area contributed by atoms with Crippen LogP contribution in [-0.2, 0) is 11.8 Å². The summed E-state index contributed by atoms with van der Waals surface area (Å²) in [6.07, 6.45) is 6.06. The van der Waals surface area contributed by atoms with Crippen LogP contribution in [0.15, 0.2) is 18.5 Å². The van der Waals surface area contributed by atoms with Gasteiger partial charge in [-0.05, 0) is 24.3 Å². The van der Waals surface area contributed by atoms with Crippen LogP contribution in [0.25, 0.3) is 0 Å². The summed E-state index contributed by atoms with van der Waals surface area (Å²) in [7, 11) is 1.89. The minimum atomic E-state index is 0.0219. The molecule has 0 atom stereocenters. The number of hydrogen-bond donors (Lipinski definition) is 0. The molecule has 0 aliphatic carbocycles. The zero-order valence-electron chi connectivity index (χ0n) is 12.0. The van der Waals surface area contributed by atoms with Gasteiger partial charge in [0.25, 0.3) is 0 Å². The Morgan fingerprint density at radius 1 is 1.37 bits per heavy atom. The van der Waals surface area contributed by atoms with Gasteiger partial charge in [-0.1, -0.05) is 13.8 Å². The molecule has 104 valence electrons. The normalized spacial score (nSPS) is 19.3. The number of carbonyl (C=O) groups is 2. The average Bonchev–Trinajstić information content (AvgIpc) is 2.73. The molecule has 1 aromatic heterocycles. The Labute approximate surface area is 114 Å². The fraction of sp³-hybridized carbons (Fsp3) is 0.600. The Morgan fingerprint density at radius 2 is 2.11 bits per heavy atom. The molecule has 2 heterocycles. The minimum absolute atomic E-state index is 0.0219. The molecule has 0 N–H and O–H groups in total. The molecule has 19 heavy (non-hydrogen) atoms. The van der Waals surface area contributed by atoms with Crippen molar-refractivity contribution >= 4 is 11.7 Å². The van der Waals surface area contributed by atoms with Crippen molar-refractivity contribution in [1.29, 1.82) is 0 Å². The summed E-state index contributed by atoms with van der Waals surface area (Å²) in [4.78, 5) is 25.9. The summed E-state index contributed by atoms with van der Waals surface area (Å²) in [6.45, 7) is 5.26. The van der Waals surface area contributed by atoms with E-state index < -0.39 is 0 Å². The van der Waals surface area contributed by atoms with Gasteiger partial charge in [-0.15, -0.1) is 0 Å². The van der Waals surface area contributed by atoms with Crippen LogP contribution in [0.3, 0.4) is 0 Å². The molecule has 0 unspecified atom stereocenters. The molecule has 0 saturated carbocycles. The lowest BCUT2D eigenvalue weighted by Crippen LogP contribution is -2.35. The third-order valence-corrected chi connectivity index (χ3v) is 3.92. The lowest BCUT2D eigenvalue weighted by atomic mass is 9.85. The number of likely N-dealkylation sites (tertiary alicyclic amines) is 1. The molecule has 1 fully saturated rings. The maximum Gasteiger partial charge on any atom is 0.222 e. The Hall–Kier alpha value is -1.58. The fourth-order valence-corrected chi connectivity index (χ4v) is 2.39. The fourth-order valence-electron chi connectivity index (χ4n) is 2.39. The molecular formula is C15H22N2O2. The zero-order valence-corrected chi connectivity index (χ0v) is 12.0. The number of carbonyl (C=O) groups excluding carboxylic acids is 2. The zero-order chi connectivity index (χ0) is 14.0. The van der Waals surface area contributed by atoms with Crippen molar-refractivity contribution in [2.24, 2.45) is 12.5 Å². The predicted molar refractivity (Wildman–Crippen MR) is 74.0 cm³/mol. The van der Waals surface area contributed by atoms with Gasteiger partial charge in [0.05, 0.1) is 6.54 Å². The van der Waals surface area contributed by atoms with Gasteiger partial charge in [0.15, 0.2) is 5.78 Å². The molecule has 1 amide bonds. The van der Waals surface area contributed by atoms with Gasteiger partial charge < -0.3 is 9.47 Å². The third-order valence-electron chi connectivity index (χ3n) is 3.92. The first-order chi connectivity index (χ1) is 8.87. The first-order valence-corrected chi connectivity index (χ1v) is 6.80. The van der Waals surface area contributed by atoms with Crippen molar-refractivity contribution in [3.63, 3.8) is 0 Å². The minimum Gasteiger partial charge on any atom is -0.357 e. The smallest absolute Gasteiger partial charge is 0.222 e. The summed E-state index contributed by atoms with van der Waals surface area (Å²) in [6, 6.07) is 1.80. The molecule has 4 nitrogen and oxygen atoms in total. The van der Waals surface area contributed by atoms with Crippen molar-refractivity contribution in [3.05, 3.63) is 24.0 Å². The van der Waals surface area contributed by atoms with Crippen LogP contribution in [0.5, 0.6) is 0 Å². The van der Waals surface area contributed by atoms with Gasteiger partial charge in [-0.25, -0.2) is 0 Å². The first kappa shape index (κ1) is 13.8. The van der Waals surface area contributed by atoms with Gasteiger partial charge in [0, 0.05) is 38.0 Å². The molecule has 1 aliphatic rings. The van der Waals surface area contributed by atoms with E-state index in [2.05, 4.69) is 13.8 Å². The lowest BCUT2D eigenvalue weighted by molar-refractivity contribution is -0.130. The topological polar surface area (TPSA) is 42.3 Å². The number of hydrogen-bond acceptors (Lipinski definition) is 2.